The zero-order valence-corrected chi connectivity index (χ0v) is 17.7. The predicted molar refractivity (Wildman–Crippen MR) is 108 cm³/mol. The van der Waals surface area contributed by atoms with E-state index in [1.807, 2.05) is 0 Å². The highest BCUT2D eigenvalue weighted by atomic mass is 16.6. The molecule has 0 bridgehead atoms. The summed E-state index contributed by atoms with van der Waals surface area (Å²) >= 11 is 0. The van der Waals surface area contributed by atoms with Crippen molar-refractivity contribution in [2.75, 3.05) is 0 Å². The number of rotatable bonds is 10. The zero-order valence-electron chi connectivity index (χ0n) is 17.7. The first-order valence-corrected chi connectivity index (χ1v) is 8.77. The maximum atomic E-state index is 11.1. The lowest BCUT2D eigenvalue weighted by atomic mass is 10.2. The molecule has 0 aliphatic heterocycles. The predicted octanol–water partition coefficient (Wildman–Crippen LogP) is 0.236. The molecule has 0 atom stereocenters. The number of carbonyl (C=O) groups is 8. The zero-order chi connectivity index (χ0) is 26.8. The quantitative estimate of drug-likeness (QED) is 0.185. The number of ether oxygens (including phenoxy) is 2. The molecule has 0 aromatic carbocycles. The van der Waals surface area contributed by atoms with E-state index in [2.05, 4.69) is 9.47 Å². The highest BCUT2D eigenvalue weighted by Gasteiger charge is 2.15. The molecule has 0 amide bonds. The van der Waals surface area contributed by atoms with Gasteiger partial charge in [-0.1, -0.05) is 12.2 Å². The van der Waals surface area contributed by atoms with Gasteiger partial charge in [-0.25, -0.2) is 28.8 Å². The normalized spacial score (nSPS) is 11.2. The lowest BCUT2D eigenvalue weighted by Crippen LogP contribution is -2.15. The highest BCUT2D eigenvalue weighted by molar-refractivity contribution is 6.05. The molecule has 0 heterocycles. The van der Waals surface area contributed by atoms with Crippen molar-refractivity contribution in [3.63, 3.8) is 0 Å². The smallest absolute Gasteiger partial charge is 0.341 e. The first-order valence-electron chi connectivity index (χ1n) is 8.77. The van der Waals surface area contributed by atoms with Crippen molar-refractivity contribution in [3.05, 3.63) is 47.6 Å². The number of carbonyl (C=O) groups excluding carboxylic acids is 4. The van der Waals surface area contributed by atoms with Gasteiger partial charge in [0.1, 0.15) is 0 Å². The van der Waals surface area contributed by atoms with Crippen LogP contribution in [0.2, 0.25) is 0 Å². The van der Waals surface area contributed by atoms with Crippen molar-refractivity contribution in [3.8, 4) is 0 Å². The molecule has 0 radical (unpaired) electrons. The molecule has 0 fully saturated rings. The summed E-state index contributed by atoms with van der Waals surface area (Å²) in [5.74, 6) is -9.28. The first-order chi connectivity index (χ1) is 15.6. The van der Waals surface area contributed by atoms with E-state index in [0.29, 0.717) is 12.2 Å². The third kappa shape index (κ3) is 19.1. The van der Waals surface area contributed by atoms with Crippen molar-refractivity contribution in [1.82, 2.24) is 0 Å². The van der Waals surface area contributed by atoms with Gasteiger partial charge in [0.2, 0.25) is 0 Å². The first kappa shape index (κ1) is 31.3. The number of carboxylic acids is 4. The van der Waals surface area contributed by atoms with E-state index in [1.165, 1.54) is 0 Å². The average molecular weight is 484 g/mol. The van der Waals surface area contributed by atoms with Crippen LogP contribution in [0, 0.1) is 0 Å². The van der Waals surface area contributed by atoms with Gasteiger partial charge in [0.05, 0.1) is 12.8 Å². The van der Waals surface area contributed by atoms with Gasteiger partial charge in [-0.2, -0.15) is 0 Å². The van der Waals surface area contributed by atoms with Crippen molar-refractivity contribution in [1.29, 1.82) is 0 Å². The molecule has 0 aliphatic carbocycles. The summed E-state index contributed by atoms with van der Waals surface area (Å²) in [6, 6.07) is 0. The molecule has 184 valence electrons. The molecule has 0 saturated heterocycles. The van der Waals surface area contributed by atoms with Gasteiger partial charge in [0.25, 0.3) is 0 Å². The van der Waals surface area contributed by atoms with Crippen LogP contribution in [0.15, 0.2) is 47.6 Å². The Bertz CT molecular complexity index is 886. The Morgan fingerprint density at radius 1 is 0.588 bits per heavy atom. The number of hydrogen-bond donors (Lipinski definition) is 4. The van der Waals surface area contributed by atoms with Crippen LogP contribution in [-0.4, -0.2) is 68.2 Å². The Morgan fingerprint density at radius 3 is 1.18 bits per heavy atom. The molecule has 0 unspecified atom stereocenters. The fourth-order valence-electron chi connectivity index (χ4n) is 1.41. The molecule has 0 saturated carbocycles. The van der Waals surface area contributed by atoms with Crippen LogP contribution in [0.4, 0.5) is 0 Å². The summed E-state index contributed by atoms with van der Waals surface area (Å²) in [6.07, 6.45) is 4.08. The van der Waals surface area contributed by atoms with E-state index >= 15 is 0 Å². The van der Waals surface area contributed by atoms with E-state index in [9.17, 15) is 38.4 Å². The van der Waals surface area contributed by atoms with Gasteiger partial charge < -0.3 is 29.9 Å². The van der Waals surface area contributed by atoms with Gasteiger partial charge in [-0.05, 0) is 13.8 Å². The molecule has 0 aromatic heterocycles. The summed E-state index contributed by atoms with van der Waals surface area (Å²) in [5.41, 5.74) is -0.567. The monoisotopic (exact) mass is 484 g/mol. The van der Waals surface area contributed by atoms with Gasteiger partial charge in [0.15, 0.2) is 0 Å². The molecule has 0 aliphatic rings. The van der Waals surface area contributed by atoms with E-state index in [0.717, 1.165) is 38.2 Å². The molecular formula is C20H20O14. The number of aliphatic carboxylic acids is 4. The Labute approximate surface area is 191 Å². The Hall–Kier alpha value is -4.88. The third-order valence-corrected chi connectivity index (χ3v) is 2.80. The maximum Gasteiger partial charge on any atom is 0.341 e. The maximum absolute atomic E-state index is 11.1. The number of hydrogen-bond acceptors (Lipinski definition) is 10. The molecule has 4 N–H and O–H groups in total. The van der Waals surface area contributed by atoms with Gasteiger partial charge in [-0.3, -0.25) is 9.59 Å². The largest absolute Gasteiger partial charge is 0.481 e. The number of esters is 4. The van der Waals surface area contributed by atoms with Crippen LogP contribution in [0.1, 0.15) is 26.7 Å². The van der Waals surface area contributed by atoms with Gasteiger partial charge >= 0.3 is 47.8 Å². The van der Waals surface area contributed by atoms with Crippen LogP contribution in [0.5, 0.6) is 0 Å². The lowest BCUT2D eigenvalue weighted by Gasteiger charge is -2.01. The van der Waals surface area contributed by atoms with Crippen LogP contribution >= 0.6 is 0 Å². The topological polar surface area (TPSA) is 236 Å². The van der Waals surface area contributed by atoms with E-state index < -0.39 is 47.8 Å². The van der Waals surface area contributed by atoms with Crippen molar-refractivity contribution >= 4 is 47.8 Å². The highest BCUT2D eigenvalue weighted by Crippen LogP contribution is 2.02. The summed E-state index contributed by atoms with van der Waals surface area (Å²) in [7, 11) is 0. The summed E-state index contributed by atoms with van der Waals surface area (Å²) < 4.78 is 8.41. The summed E-state index contributed by atoms with van der Waals surface area (Å²) in [5, 5.41) is 33.2. The molecule has 0 rings (SSSR count). The van der Waals surface area contributed by atoms with Crippen molar-refractivity contribution in [2.24, 2.45) is 0 Å². The minimum atomic E-state index is -1.36. The second-order valence-corrected chi connectivity index (χ2v) is 5.75. The van der Waals surface area contributed by atoms with Crippen LogP contribution < -0.4 is 0 Å². The standard InChI is InChI=1S/2C10H10O7/c1-5(3-7(11)12)9(15)17-10(16)6(2)4-8(13)14;11-7(12)3-1-5-9(15)17-10(16)6-2-4-8(13)14/h3-4H,1-2H3,(H,11,12)(H,13,14);1-2,5-6H,3-4H2,(H,11,12)(H,13,14)/b5-3-,6-4-;5-1+,6-2+. The fraction of sp³-hybridized carbons (Fsp3) is 0.200. The van der Waals surface area contributed by atoms with Gasteiger partial charge in [0, 0.05) is 35.5 Å². The summed E-state index contributed by atoms with van der Waals surface area (Å²) in [4.78, 5) is 84.6. The SMILES string of the molecule is C/C(=C/C(=O)O)C(=O)OC(=O)/C(C)=C\C(=O)O.O=C(O)C/C=C/C(=O)OC(=O)/C=C/CC(=O)O. The molecule has 0 spiro atoms. The second-order valence-electron chi connectivity index (χ2n) is 5.75. The van der Waals surface area contributed by atoms with Gasteiger partial charge in [-0.15, -0.1) is 0 Å². The van der Waals surface area contributed by atoms with Crippen LogP contribution in [-0.2, 0) is 47.8 Å². The Kier molecular flexibility index (Phi) is 15.4. The van der Waals surface area contributed by atoms with Crippen molar-refractivity contribution < 1.29 is 68.3 Å². The Balaban J connectivity index is 0. The molecule has 14 nitrogen and oxygen atoms in total. The summed E-state index contributed by atoms with van der Waals surface area (Å²) in [6.45, 7) is 2.31. The molecule has 34 heavy (non-hydrogen) atoms. The fourth-order valence-corrected chi connectivity index (χ4v) is 1.41. The molecule has 0 aromatic rings. The van der Waals surface area contributed by atoms with E-state index in [4.69, 9.17) is 20.4 Å². The molecular weight excluding hydrogens is 464 g/mol. The van der Waals surface area contributed by atoms with Crippen LogP contribution in [0.25, 0.3) is 0 Å². The number of carboxylic acid groups (broad SMARTS) is 4. The lowest BCUT2D eigenvalue weighted by molar-refractivity contribution is -0.155. The van der Waals surface area contributed by atoms with E-state index in [1.54, 1.807) is 0 Å². The minimum Gasteiger partial charge on any atom is -0.481 e. The van der Waals surface area contributed by atoms with E-state index in [-0.39, 0.29) is 24.0 Å². The average Bonchev–Trinajstić information content (AvgIpc) is 2.66. The Morgan fingerprint density at radius 2 is 0.912 bits per heavy atom. The minimum absolute atomic E-state index is 0.283. The third-order valence-electron chi connectivity index (χ3n) is 2.80. The van der Waals surface area contributed by atoms with Crippen LogP contribution in [0.3, 0.4) is 0 Å². The second kappa shape index (κ2) is 16.8. The van der Waals surface area contributed by atoms with Crippen molar-refractivity contribution in [2.45, 2.75) is 26.7 Å². The molecule has 14 heteroatoms.